The molecule has 0 saturated heterocycles. The third kappa shape index (κ3) is 4.12. The average Bonchev–Trinajstić information content (AvgIpc) is 2.99. The molecule has 144 valence electrons. The van der Waals surface area contributed by atoms with Crippen molar-refractivity contribution in [1.29, 1.82) is 0 Å². The number of benzene rings is 1. The molecule has 0 spiro atoms. The SMILES string of the molecule is CCCCN(CC(F)(F)F)C(=O)Cn1cnc2c(oc3ccccc32)c1=O. The monoisotopic (exact) mass is 381 g/mol. The van der Waals surface area contributed by atoms with E-state index in [-0.39, 0.29) is 12.1 Å². The highest BCUT2D eigenvalue weighted by molar-refractivity contribution is 6.01. The van der Waals surface area contributed by atoms with Crippen LogP contribution in [0.1, 0.15) is 19.8 Å². The predicted molar refractivity (Wildman–Crippen MR) is 93.3 cm³/mol. The Morgan fingerprint density at radius 1 is 1.30 bits per heavy atom. The first-order valence-electron chi connectivity index (χ1n) is 8.51. The number of aromatic nitrogens is 2. The number of amides is 1. The van der Waals surface area contributed by atoms with Gasteiger partial charge in [0.2, 0.25) is 11.5 Å². The number of nitrogens with zero attached hydrogens (tertiary/aromatic N) is 3. The summed E-state index contributed by atoms with van der Waals surface area (Å²) in [6.07, 6.45) is -2.25. The number of para-hydroxylation sites is 1. The van der Waals surface area contributed by atoms with Gasteiger partial charge in [0.25, 0.3) is 5.56 Å². The first-order valence-corrected chi connectivity index (χ1v) is 8.51. The predicted octanol–water partition coefficient (Wildman–Crippen LogP) is 3.33. The standard InChI is InChI=1S/C18H18F3N3O3/c1-2-3-8-23(10-18(19,20)21)14(25)9-24-11-22-15-12-6-4-5-7-13(12)27-16(15)17(24)26/h4-7,11H,2-3,8-10H2,1H3. The molecule has 6 nitrogen and oxygen atoms in total. The molecule has 1 amide bonds. The van der Waals surface area contributed by atoms with E-state index < -0.39 is 30.7 Å². The van der Waals surface area contributed by atoms with Gasteiger partial charge in [0, 0.05) is 11.9 Å². The molecule has 2 aromatic heterocycles. The third-order valence-corrected chi connectivity index (χ3v) is 4.16. The Labute approximate surface area is 152 Å². The molecule has 0 saturated carbocycles. The van der Waals surface area contributed by atoms with Gasteiger partial charge in [-0.3, -0.25) is 14.2 Å². The molecule has 0 radical (unpaired) electrons. The Balaban J connectivity index is 1.90. The Kier molecular flexibility index (Phi) is 5.20. The number of furan rings is 1. The van der Waals surface area contributed by atoms with Crippen LogP contribution in [0.5, 0.6) is 0 Å². The average molecular weight is 381 g/mol. The van der Waals surface area contributed by atoms with Crippen LogP contribution >= 0.6 is 0 Å². The van der Waals surface area contributed by atoms with Gasteiger partial charge in [0.1, 0.15) is 24.2 Å². The molecule has 1 aromatic carbocycles. The molecule has 2 heterocycles. The zero-order valence-electron chi connectivity index (χ0n) is 14.6. The van der Waals surface area contributed by atoms with Crippen molar-refractivity contribution in [2.24, 2.45) is 0 Å². The van der Waals surface area contributed by atoms with E-state index in [0.717, 1.165) is 15.8 Å². The molecule has 0 aliphatic heterocycles. The van der Waals surface area contributed by atoms with Crippen LogP contribution in [0.15, 0.2) is 39.8 Å². The Morgan fingerprint density at radius 3 is 2.74 bits per heavy atom. The minimum Gasteiger partial charge on any atom is -0.448 e. The van der Waals surface area contributed by atoms with Crippen LogP contribution in [0.3, 0.4) is 0 Å². The van der Waals surface area contributed by atoms with Gasteiger partial charge in [0.15, 0.2) is 0 Å². The smallest absolute Gasteiger partial charge is 0.406 e. The van der Waals surface area contributed by atoms with Gasteiger partial charge in [-0.25, -0.2) is 4.98 Å². The number of rotatable bonds is 6. The maximum absolute atomic E-state index is 12.7. The van der Waals surface area contributed by atoms with Crippen LogP contribution in [0.25, 0.3) is 22.1 Å². The van der Waals surface area contributed by atoms with E-state index in [2.05, 4.69) is 4.98 Å². The molecule has 0 fully saturated rings. The van der Waals surface area contributed by atoms with Gasteiger partial charge in [-0.2, -0.15) is 13.2 Å². The molecule has 0 N–H and O–H groups in total. The van der Waals surface area contributed by atoms with Gasteiger partial charge >= 0.3 is 6.18 Å². The molecule has 0 atom stereocenters. The Hall–Kier alpha value is -2.84. The molecule has 0 aliphatic carbocycles. The van der Waals surface area contributed by atoms with Crippen LogP contribution in [0.4, 0.5) is 13.2 Å². The summed E-state index contributed by atoms with van der Waals surface area (Å²) in [6.45, 7) is -0.0798. The van der Waals surface area contributed by atoms with Crippen molar-refractivity contribution in [1.82, 2.24) is 14.5 Å². The third-order valence-electron chi connectivity index (χ3n) is 4.16. The maximum atomic E-state index is 12.7. The van der Waals surface area contributed by atoms with Gasteiger partial charge in [-0.1, -0.05) is 25.5 Å². The van der Waals surface area contributed by atoms with E-state index in [0.29, 0.717) is 29.3 Å². The van der Waals surface area contributed by atoms with Gasteiger partial charge < -0.3 is 9.32 Å². The molecule has 0 aliphatic rings. The van der Waals surface area contributed by atoms with E-state index in [9.17, 15) is 22.8 Å². The number of fused-ring (bicyclic) bond motifs is 3. The topological polar surface area (TPSA) is 68.3 Å². The van der Waals surface area contributed by atoms with Crippen molar-refractivity contribution in [3.8, 4) is 0 Å². The second-order valence-electron chi connectivity index (χ2n) is 6.24. The molecule has 27 heavy (non-hydrogen) atoms. The molecule has 3 rings (SSSR count). The van der Waals surface area contributed by atoms with Gasteiger partial charge in [-0.05, 0) is 18.6 Å². The fourth-order valence-corrected chi connectivity index (χ4v) is 2.83. The van der Waals surface area contributed by atoms with Crippen molar-refractivity contribution >= 4 is 28.0 Å². The minimum absolute atomic E-state index is 0.0239. The van der Waals surface area contributed by atoms with Crippen LogP contribution in [-0.2, 0) is 11.3 Å². The van der Waals surface area contributed by atoms with Crippen LogP contribution < -0.4 is 5.56 Å². The highest BCUT2D eigenvalue weighted by atomic mass is 19.4. The van der Waals surface area contributed by atoms with E-state index in [1.165, 1.54) is 0 Å². The number of unbranched alkanes of at least 4 members (excludes halogenated alkanes) is 1. The summed E-state index contributed by atoms with van der Waals surface area (Å²) in [6, 6.07) is 6.95. The number of carbonyl (C=O) groups is 1. The van der Waals surface area contributed by atoms with E-state index in [4.69, 9.17) is 4.42 Å². The van der Waals surface area contributed by atoms with Gasteiger partial charge in [0.05, 0.1) is 6.33 Å². The summed E-state index contributed by atoms with van der Waals surface area (Å²) in [7, 11) is 0. The second kappa shape index (κ2) is 7.42. The molecular weight excluding hydrogens is 363 g/mol. The summed E-state index contributed by atoms with van der Waals surface area (Å²) in [5, 5.41) is 0.657. The lowest BCUT2D eigenvalue weighted by Gasteiger charge is -2.24. The largest absolute Gasteiger partial charge is 0.448 e. The highest BCUT2D eigenvalue weighted by Gasteiger charge is 2.32. The number of hydrogen-bond donors (Lipinski definition) is 0. The van der Waals surface area contributed by atoms with Gasteiger partial charge in [-0.15, -0.1) is 0 Å². The van der Waals surface area contributed by atoms with Crippen molar-refractivity contribution in [2.45, 2.75) is 32.5 Å². The highest BCUT2D eigenvalue weighted by Crippen LogP contribution is 2.24. The van der Waals surface area contributed by atoms with E-state index >= 15 is 0 Å². The Bertz CT molecular complexity index is 1020. The van der Waals surface area contributed by atoms with Crippen molar-refractivity contribution < 1.29 is 22.4 Å². The minimum atomic E-state index is -4.50. The van der Waals surface area contributed by atoms with Crippen molar-refractivity contribution in [3.05, 3.63) is 40.9 Å². The molecular formula is C18H18F3N3O3. The van der Waals surface area contributed by atoms with Crippen LogP contribution in [0, 0.1) is 0 Å². The zero-order chi connectivity index (χ0) is 19.6. The lowest BCUT2D eigenvalue weighted by atomic mass is 10.2. The summed E-state index contributed by atoms with van der Waals surface area (Å²) in [5.74, 6) is -0.792. The lowest BCUT2D eigenvalue weighted by Crippen LogP contribution is -2.42. The normalized spacial score (nSPS) is 12.0. The van der Waals surface area contributed by atoms with Crippen LogP contribution in [-0.4, -0.2) is 39.6 Å². The fraction of sp³-hybridized carbons (Fsp3) is 0.389. The van der Waals surface area contributed by atoms with Crippen molar-refractivity contribution in [3.63, 3.8) is 0 Å². The molecule has 0 unspecified atom stereocenters. The number of halogens is 3. The summed E-state index contributed by atoms with van der Waals surface area (Å²) in [4.78, 5) is 29.8. The lowest BCUT2D eigenvalue weighted by molar-refractivity contribution is -0.161. The van der Waals surface area contributed by atoms with Crippen LogP contribution in [0.2, 0.25) is 0 Å². The summed E-state index contributed by atoms with van der Waals surface area (Å²) >= 11 is 0. The van der Waals surface area contributed by atoms with E-state index in [1.807, 2.05) is 6.92 Å². The quantitative estimate of drug-likeness (QED) is 0.657. The zero-order valence-corrected chi connectivity index (χ0v) is 14.6. The molecule has 3 aromatic rings. The summed E-state index contributed by atoms with van der Waals surface area (Å²) in [5.41, 5.74) is 0.203. The maximum Gasteiger partial charge on any atom is 0.406 e. The fourth-order valence-electron chi connectivity index (χ4n) is 2.83. The summed E-state index contributed by atoms with van der Waals surface area (Å²) < 4.78 is 44.7. The molecule has 0 bridgehead atoms. The Morgan fingerprint density at radius 2 is 2.04 bits per heavy atom. The first-order chi connectivity index (χ1) is 12.8. The van der Waals surface area contributed by atoms with E-state index in [1.54, 1.807) is 24.3 Å². The van der Waals surface area contributed by atoms with Crippen molar-refractivity contribution in [2.75, 3.05) is 13.1 Å². The second-order valence-corrected chi connectivity index (χ2v) is 6.24. The number of hydrogen-bond acceptors (Lipinski definition) is 4. The molecule has 9 heteroatoms. The first kappa shape index (κ1) is 18.9. The number of alkyl halides is 3. The number of carbonyl (C=O) groups excluding carboxylic acids is 1.